The number of ether oxygens (including phenoxy) is 3. The largest absolute Gasteiger partial charge is 0.497 e. The molecule has 0 radical (unpaired) electrons. The van der Waals surface area contributed by atoms with Crippen LogP contribution in [0.15, 0.2) is 41.9 Å². The standard InChI is InChI=1S/C18H22N4O4/c1-4-25-9-10-26-17(23)15-12(2)21-18-19-11-20-22(18)16(15)13-5-7-14(24-3)8-6-13/h5-8,11,16H,4,9-10H2,1-3H3,(H,19,20,21). The van der Waals surface area contributed by atoms with E-state index in [9.17, 15) is 4.79 Å². The predicted octanol–water partition coefficient (Wildman–Crippen LogP) is 2.16. The van der Waals surface area contributed by atoms with Crippen LogP contribution in [-0.2, 0) is 14.3 Å². The van der Waals surface area contributed by atoms with Gasteiger partial charge in [-0.05, 0) is 31.5 Å². The number of hydrogen-bond acceptors (Lipinski definition) is 7. The molecular formula is C18H22N4O4. The van der Waals surface area contributed by atoms with Gasteiger partial charge in [0.25, 0.3) is 0 Å². The molecule has 138 valence electrons. The molecular weight excluding hydrogens is 336 g/mol. The number of fused-ring (bicyclic) bond motifs is 1. The highest BCUT2D eigenvalue weighted by molar-refractivity contribution is 5.92. The molecule has 1 aliphatic rings. The first-order valence-corrected chi connectivity index (χ1v) is 8.41. The minimum atomic E-state index is -0.431. The minimum Gasteiger partial charge on any atom is -0.497 e. The van der Waals surface area contributed by atoms with Crippen molar-refractivity contribution in [1.82, 2.24) is 14.8 Å². The fourth-order valence-electron chi connectivity index (χ4n) is 2.87. The Bertz CT molecular complexity index is 798. The zero-order chi connectivity index (χ0) is 18.5. The van der Waals surface area contributed by atoms with Crippen LogP contribution < -0.4 is 10.1 Å². The number of aromatic nitrogens is 3. The highest BCUT2D eigenvalue weighted by Crippen LogP contribution is 2.35. The number of benzene rings is 1. The average molecular weight is 358 g/mol. The smallest absolute Gasteiger partial charge is 0.338 e. The van der Waals surface area contributed by atoms with E-state index >= 15 is 0 Å². The fraction of sp³-hybridized carbons (Fsp3) is 0.389. The van der Waals surface area contributed by atoms with Gasteiger partial charge in [0.2, 0.25) is 5.95 Å². The van der Waals surface area contributed by atoms with Gasteiger partial charge < -0.3 is 19.5 Å². The summed E-state index contributed by atoms with van der Waals surface area (Å²) in [4.78, 5) is 17.0. The van der Waals surface area contributed by atoms with Crippen LogP contribution in [0.3, 0.4) is 0 Å². The molecule has 1 N–H and O–H groups in total. The number of allylic oxidation sites excluding steroid dienone is 1. The normalized spacial score (nSPS) is 16.0. The highest BCUT2D eigenvalue weighted by Gasteiger charge is 2.34. The van der Waals surface area contributed by atoms with Gasteiger partial charge in [-0.15, -0.1) is 0 Å². The van der Waals surface area contributed by atoms with E-state index in [0.717, 1.165) is 11.3 Å². The van der Waals surface area contributed by atoms with Crippen LogP contribution in [-0.4, -0.2) is 47.7 Å². The first kappa shape index (κ1) is 17.9. The molecule has 2 heterocycles. The lowest BCUT2D eigenvalue weighted by Gasteiger charge is -2.28. The molecule has 8 heteroatoms. The molecule has 0 spiro atoms. The summed E-state index contributed by atoms with van der Waals surface area (Å²) < 4.78 is 17.5. The van der Waals surface area contributed by atoms with Crippen LogP contribution in [0.4, 0.5) is 5.95 Å². The zero-order valence-corrected chi connectivity index (χ0v) is 15.1. The maximum absolute atomic E-state index is 12.7. The van der Waals surface area contributed by atoms with Crippen molar-refractivity contribution in [3.8, 4) is 5.75 Å². The molecule has 1 unspecified atom stereocenters. The summed E-state index contributed by atoms with van der Waals surface area (Å²) in [7, 11) is 1.61. The van der Waals surface area contributed by atoms with Crippen molar-refractivity contribution in [3.05, 3.63) is 47.4 Å². The Hall–Kier alpha value is -2.87. The first-order chi connectivity index (χ1) is 12.7. The number of methoxy groups -OCH3 is 1. The highest BCUT2D eigenvalue weighted by atomic mass is 16.6. The Balaban J connectivity index is 1.92. The maximum Gasteiger partial charge on any atom is 0.338 e. The number of hydrogen-bond donors (Lipinski definition) is 1. The van der Waals surface area contributed by atoms with Crippen LogP contribution in [0.2, 0.25) is 0 Å². The number of rotatable bonds is 7. The number of nitrogens with one attached hydrogen (secondary N) is 1. The van der Waals surface area contributed by atoms with Crippen molar-refractivity contribution in [2.24, 2.45) is 0 Å². The maximum atomic E-state index is 12.7. The third kappa shape index (κ3) is 3.55. The SMILES string of the molecule is CCOCCOC(=O)C1=C(C)Nc2ncnn2C1c1ccc(OC)cc1. The van der Waals surface area contributed by atoms with Crippen molar-refractivity contribution in [2.75, 3.05) is 32.2 Å². The molecule has 0 aliphatic carbocycles. The van der Waals surface area contributed by atoms with Gasteiger partial charge in [0.15, 0.2) is 0 Å². The van der Waals surface area contributed by atoms with Crippen molar-refractivity contribution in [2.45, 2.75) is 19.9 Å². The summed E-state index contributed by atoms with van der Waals surface area (Å²) in [6, 6.07) is 7.07. The lowest BCUT2D eigenvalue weighted by molar-refractivity contribution is -0.141. The van der Waals surface area contributed by atoms with E-state index in [-0.39, 0.29) is 6.61 Å². The number of carbonyl (C=O) groups excluding carboxylic acids is 1. The van der Waals surface area contributed by atoms with Gasteiger partial charge in [0, 0.05) is 12.3 Å². The molecule has 0 bridgehead atoms. The van der Waals surface area contributed by atoms with Gasteiger partial charge in [0.05, 0.1) is 19.3 Å². The Morgan fingerprint density at radius 3 is 2.73 bits per heavy atom. The van der Waals surface area contributed by atoms with Gasteiger partial charge in [-0.1, -0.05) is 12.1 Å². The van der Waals surface area contributed by atoms with E-state index < -0.39 is 12.0 Å². The Kier molecular flexibility index (Phi) is 5.52. The van der Waals surface area contributed by atoms with Gasteiger partial charge in [-0.3, -0.25) is 0 Å². The summed E-state index contributed by atoms with van der Waals surface area (Å²) in [6.45, 7) is 4.86. The Labute approximate surface area is 151 Å². The molecule has 0 saturated carbocycles. The second-order valence-corrected chi connectivity index (χ2v) is 5.70. The molecule has 2 aromatic rings. The molecule has 0 saturated heterocycles. The topological polar surface area (TPSA) is 87.5 Å². The van der Waals surface area contributed by atoms with Crippen LogP contribution in [0.25, 0.3) is 0 Å². The van der Waals surface area contributed by atoms with Gasteiger partial charge in [-0.25, -0.2) is 9.48 Å². The summed E-state index contributed by atoms with van der Waals surface area (Å²) >= 11 is 0. The monoisotopic (exact) mass is 358 g/mol. The Morgan fingerprint density at radius 2 is 2.04 bits per heavy atom. The van der Waals surface area contributed by atoms with Crippen LogP contribution in [0, 0.1) is 0 Å². The quantitative estimate of drug-likeness (QED) is 0.599. The number of carbonyl (C=O) groups is 1. The number of nitrogens with zero attached hydrogens (tertiary/aromatic N) is 3. The summed E-state index contributed by atoms with van der Waals surface area (Å²) in [5, 5.41) is 7.39. The van der Waals surface area contributed by atoms with Gasteiger partial charge in [-0.2, -0.15) is 10.1 Å². The van der Waals surface area contributed by atoms with E-state index in [1.165, 1.54) is 6.33 Å². The fourth-order valence-corrected chi connectivity index (χ4v) is 2.87. The van der Waals surface area contributed by atoms with E-state index in [1.807, 2.05) is 38.1 Å². The van der Waals surface area contributed by atoms with Crippen molar-refractivity contribution < 1.29 is 19.0 Å². The number of anilines is 1. The predicted molar refractivity (Wildman–Crippen MR) is 94.9 cm³/mol. The van der Waals surface area contributed by atoms with Crippen LogP contribution >= 0.6 is 0 Å². The van der Waals surface area contributed by atoms with Crippen LogP contribution in [0.1, 0.15) is 25.5 Å². The molecule has 3 rings (SSSR count). The summed E-state index contributed by atoms with van der Waals surface area (Å²) in [6.07, 6.45) is 1.45. The lowest BCUT2D eigenvalue weighted by atomic mass is 9.96. The lowest BCUT2D eigenvalue weighted by Crippen LogP contribution is -2.30. The third-order valence-corrected chi connectivity index (χ3v) is 4.11. The molecule has 0 fully saturated rings. The molecule has 8 nitrogen and oxygen atoms in total. The minimum absolute atomic E-state index is 0.197. The molecule has 26 heavy (non-hydrogen) atoms. The van der Waals surface area contributed by atoms with E-state index in [2.05, 4.69) is 15.4 Å². The zero-order valence-electron chi connectivity index (χ0n) is 15.1. The van der Waals surface area contributed by atoms with Crippen molar-refractivity contribution in [3.63, 3.8) is 0 Å². The summed E-state index contributed by atoms with van der Waals surface area (Å²) in [5.74, 6) is 0.911. The van der Waals surface area contributed by atoms with Crippen molar-refractivity contribution >= 4 is 11.9 Å². The van der Waals surface area contributed by atoms with Gasteiger partial charge >= 0.3 is 5.97 Å². The van der Waals surface area contributed by atoms with E-state index in [0.29, 0.717) is 30.4 Å². The number of esters is 1. The second kappa shape index (κ2) is 8.01. The first-order valence-electron chi connectivity index (χ1n) is 8.41. The third-order valence-electron chi connectivity index (χ3n) is 4.11. The molecule has 1 aromatic heterocycles. The molecule has 1 aliphatic heterocycles. The average Bonchev–Trinajstić information content (AvgIpc) is 3.12. The summed E-state index contributed by atoms with van der Waals surface area (Å²) in [5.41, 5.74) is 2.06. The molecule has 1 aromatic carbocycles. The molecule has 1 atom stereocenters. The van der Waals surface area contributed by atoms with Crippen molar-refractivity contribution in [1.29, 1.82) is 0 Å². The molecule has 0 amide bonds. The van der Waals surface area contributed by atoms with E-state index in [4.69, 9.17) is 14.2 Å². The van der Waals surface area contributed by atoms with E-state index in [1.54, 1.807) is 11.8 Å². The van der Waals surface area contributed by atoms with Crippen LogP contribution in [0.5, 0.6) is 5.75 Å². The Morgan fingerprint density at radius 1 is 1.27 bits per heavy atom. The van der Waals surface area contributed by atoms with Gasteiger partial charge in [0.1, 0.15) is 24.7 Å². The second-order valence-electron chi connectivity index (χ2n) is 5.70.